The van der Waals surface area contributed by atoms with Crippen LogP contribution in [0.15, 0.2) is 18.5 Å². The van der Waals surface area contributed by atoms with E-state index in [-0.39, 0.29) is 0 Å². The van der Waals surface area contributed by atoms with Crippen LogP contribution in [0.4, 0.5) is 5.82 Å². The van der Waals surface area contributed by atoms with Crippen molar-refractivity contribution in [3.05, 3.63) is 24.2 Å². The van der Waals surface area contributed by atoms with Crippen molar-refractivity contribution in [2.45, 2.75) is 19.4 Å². The zero-order chi connectivity index (χ0) is 11.3. The minimum Gasteiger partial charge on any atom is -0.386 e. The molecule has 0 unspecified atom stereocenters. The third kappa shape index (κ3) is 1.36. The van der Waals surface area contributed by atoms with E-state index in [0.29, 0.717) is 13.1 Å². The predicted molar refractivity (Wildman–Crippen MR) is 60.6 cm³/mol. The summed E-state index contributed by atoms with van der Waals surface area (Å²) in [7, 11) is 0. The minimum atomic E-state index is -0.580. The summed E-state index contributed by atoms with van der Waals surface area (Å²) in [4.78, 5) is 6.43. The summed E-state index contributed by atoms with van der Waals surface area (Å²) < 4.78 is 1.82. The van der Waals surface area contributed by atoms with E-state index in [1.54, 1.807) is 6.20 Å². The summed E-state index contributed by atoms with van der Waals surface area (Å²) in [5.74, 6) is 0.898. The van der Waals surface area contributed by atoms with Crippen LogP contribution in [0.3, 0.4) is 0 Å². The highest BCUT2D eigenvalue weighted by molar-refractivity contribution is 5.70. The average Bonchev–Trinajstić information content (AvgIpc) is 2.53. The van der Waals surface area contributed by atoms with E-state index < -0.39 is 5.60 Å². The largest absolute Gasteiger partial charge is 0.386 e. The van der Waals surface area contributed by atoms with Gasteiger partial charge in [-0.2, -0.15) is 5.10 Å². The monoisotopic (exact) mass is 218 g/mol. The molecular weight excluding hydrogens is 204 g/mol. The van der Waals surface area contributed by atoms with Crippen LogP contribution in [0.1, 0.15) is 12.6 Å². The van der Waals surface area contributed by atoms with E-state index in [9.17, 15) is 5.11 Å². The molecule has 5 nitrogen and oxygen atoms in total. The van der Waals surface area contributed by atoms with E-state index in [4.69, 9.17) is 0 Å². The molecule has 2 aromatic rings. The van der Waals surface area contributed by atoms with Gasteiger partial charge in [0.1, 0.15) is 5.52 Å². The Morgan fingerprint density at radius 2 is 2.19 bits per heavy atom. The summed E-state index contributed by atoms with van der Waals surface area (Å²) >= 11 is 0. The van der Waals surface area contributed by atoms with Gasteiger partial charge in [0, 0.05) is 25.5 Å². The zero-order valence-electron chi connectivity index (χ0n) is 9.38. The van der Waals surface area contributed by atoms with Gasteiger partial charge < -0.3 is 10.0 Å². The molecule has 84 valence electrons. The maximum atomic E-state index is 9.73. The summed E-state index contributed by atoms with van der Waals surface area (Å²) in [6, 6.07) is 2.01. The van der Waals surface area contributed by atoms with Gasteiger partial charge in [-0.15, -0.1) is 0 Å². The van der Waals surface area contributed by atoms with Crippen molar-refractivity contribution in [3.8, 4) is 0 Å². The molecule has 0 saturated carbocycles. The Morgan fingerprint density at radius 1 is 1.44 bits per heavy atom. The number of anilines is 1. The number of hydrogen-bond acceptors (Lipinski definition) is 4. The molecule has 1 aliphatic heterocycles. The van der Waals surface area contributed by atoms with Crippen LogP contribution in [0.2, 0.25) is 0 Å². The lowest BCUT2D eigenvalue weighted by Crippen LogP contribution is -2.60. The van der Waals surface area contributed by atoms with Crippen LogP contribution < -0.4 is 4.90 Å². The van der Waals surface area contributed by atoms with Gasteiger partial charge in [-0.3, -0.25) is 0 Å². The fraction of sp³-hybridized carbons (Fsp3) is 0.455. The first kappa shape index (κ1) is 9.59. The summed E-state index contributed by atoms with van der Waals surface area (Å²) in [5.41, 5.74) is 1.39. The molecule has 0 radical (unpaired) electrons. The number of nitrogens with zero attached hydrogens (tertiary/aromatic N) is 4. The van der Waals surface area contributed by atoms with E-state index in [0.717, 1.165) is 17.0 Å². The molecule has 1 fully saturated rings. The van der Waals surface area contributed by atoms with Crippen molar-refractivity contribution in [3.63, 3.8) is 0 Å². The number of aromatic nitrogens is 3. The van der Waals surface area contributed by atoms with E-state index >= 15 is 0 Å². The third-order valence-corrected chi connectivity index (χ3v) is 2.85. The lowest BCUT2D eigenvalue weighted by Gasteiger charge is -2.44. The van der Waals surface area contributed by atoms with Crippen molar-refractivity contribution in [1.82, 2.24) is 14.6 Å². The number of aliphatic hydroxyl groups is 1. The summed E-state index contributed by atoms with van der Waals surface area (Å²) in [5, 5.41) is 14.1. The zero-order valence-corrected chi connectivity index (χ0v) is 9.38. The second-order valence-electron chi connectivity index (χ2n) is 4.72. The summed E-state index contributed by atoms with van der Waals surface area (Å²) in [6.45, 7) is 5.06. The molecule has 0 bridgehead atoms. The molecular formula is C11H14N4O. The van der Waals surface area contributed by atoms with Gasteiger partial charge in [0.05, 0.1) is 11.3 Å². The third-order valence-electron chi connectivity index (χ3n) is 2.85. The van der Waals surface area contributed by atoms with Crippen LogP contribution in [-0.4, -0.2) is 38.4 Å². The number of fused-ring (bicyclic) bond motifs is 1. The Bertz CT molecular complexity index is 538. The van der Waals surface area contributed by atoms with Crippen molar-refractivity contribution < 1.29 is 5.11 Å². The van der Waals surface area contributed by atoms with E-state index in [1.807, 2.05) is 30.6 Å². The minimum absolute atomic E-state index is 0.580. The number of hydrogen-bond donors (Lipinski definition) is 1. The fourth-order valence-electron chi connectivity index (χ4n) is 2.20. The first-order valence-corrected chi connectivity index (χ1v) is 5.33. The molecule has 0 aromatic carbocycles. The molecule has 1 N–H and O–H groups in total. The second-order valence-corrected chi connectivity index (χ2v) is 4.72. The van der Waals surface area contributed by atoms with Gasteiger partial charge in [0.2, 0.25) is 0 Å². The molecule has 2 aromatic heterocycles. The quantitative estimate of drug-likeness (QED) is 0.762. The lowest BCUT2D eigenvalue weighted by molar-refractivity contribution is 0.0307. The second kappa shape index (κ2) is 2.95. The number of β-amino-alcohol motifs (C(OH)–C–C–N with tert-alkyl or cyclic N) is 1. The summed E-state index contributed by atoms with van der Waals surface area (Å²) in [6.07, 6.45) is 3.57. The average molecular weight is 218 g/mol. The normalized spacial score (nSPS) is 18.8. The highest BCUT2D eigenvalue weighted by Crippen LogP contribution is 2.28. The SMILES string of the molecule is Cc1cc2c(N3CC(C)(O)C3)nccn2n1. The van der Waals surface area contributed by atoms with Crippen molar-refractivity contribution >= 4 is 11.3 Å². The molecule has 0 amide bonds. The molecule has 0 spiro atoms. The Morgan fingerprint density at radius 3 is 2.88 bits per heavy atom. The van der Waals surface area contributed by atoms with Gasteiger partial charge in [0.25, 0.3) is 0 Å². The van der Waals surface area contributed by atoms with Crippen LogP contribution in [0.5, 0.6) is 0 Å². The standard InChI is InChI=1S/C11H14N4O/c1-8-5-9-10(12-3-4-15(9)13-8)14-6-11(2,16)7-14/h3-5,16H,6-7H2,1-2H3. The Hall–Kier alpha value is -1.62. The molecule has 3 rings (SSSR count). The van der Waals surface area contributed by atoms with Crippen LogP contribution >= 0.6 is 0 Å². The van der Waals surface area contributed by atoms with Crippen LogP contribution in [0.25, 0.3) is 5.52 Å². The number of aryl methyl sites for hydroxylation is 1. The maximum absolute atomic E-state index is 9.73. The fourth-order valence-corrected chi connectivity index (χ4v) is 2.20. The van der Waals surface area contributed by atoms with Gasteiger partial charge in [-0.1, -0.05) is 0 Å². The van der Waals surface area contributed by atoms with Crippen LogP contribution in [-0.2, 0) is 0 Å². The Balaban J connectivity index is 2.04. The smallest absolute Gasteiger partial charge is 0.154 e. The maximum Gasteiger partial charge on any atom is 0.154 e. The van der Waals surface area contributed by atoms with Gasteiger partial charge >= 0.3 is 0 Å². The molecule has 16 heavy (non-hydrogen) atoms. The Kier molecular flexibility index (Phi) is 1.77. The highest BCUT2D eigenvalue weighted by atomic mass is 16.3. The molecule has 1 aliphatic rings. The highest BCUT2D eigenvalue weighted by Gasteiger charge is 2.38. The Labute approximate surface area is 93.3 Å². The first-order valence-electron chi connectivity index (χ1n) is 5.33. The lowest BCUT2D eigenvalue weighted by atomic mass is 9.97. The van der Waals surface area contributed by atoms with E-state index in [2.05, 4.69) is 15.0 Å². The predicted octanol–water partition coefficient (Wildman–Crippen LogP) is 0.609. The van der Waals surface area contributed by atoms with Crippen molar-refractivity contribution in [1.29, 1.82) is 0 Å². The van der Waals surface area contributed by atoms with E-state index in [1.165, 1.54) is 0 Å². The van der Waals surface area contributed by atoms with Gasteiger partial charge in [0.15, 0.2) is 5.82 Å². The molecule has 3 heterocycles. The molecule has 0 atom stereocenters. The molecule has 5 heteroatoms. The van der Waals surface area contributed by atoms with Gasteiger partial charge in [-0.05, 0) is 19.9 Å². The first-order chi connectivity index (χ1) is 7.55. The van der Waals surface area contributed by atoms with Crippen molar-refractivity contribution in [2.24, 2.45) is 0 Å². The van der Waals surface area contributed by atoms with Crippen molar-refractivity contribution in [2.75, 3.05) is 18.0 Å². The number of rotatable bonds is 1. The van der Waals surface area contributed by atoms with Crippen LogP contribution in [0, 0.1) is 6.92 Å². The van der Waals surface area contributed by atoms with Gasteiger partial charge in [-0.25, -0.2) is 9.50 Å². The topological polar surface area (TPSA) is 53.7 Å². The molecule has 1 saturated heterocycles. The molecule has 0 aliphatic carbocycles.